The van der Waals surface area contributed by atoms with Crippen molar-refractivity contribution in [2.75, 3.05) is 20.2 Å². The Balaban J connectivity index is 2.57. The van der Waals surface area contributed by atoms with E-state index in [2.05, 4.69) is 5.11 Å². The van der Waals surface area contributed by atoms with Crippen molar-refractivity contribution >= 4 is 6.09 Å². The van der Waals surface area contributed by atoms with Crippen LogP contribution in [0.4, 0.5) is 4.79 Å². The van der Waals surface area contributed by atoms with Crippen LogP contribution in [-0.2, 0) is 9.47 Å². The number of nitrogens with zero attached hydrogens (tertiary/aromatic N) is 2. The van der Waals surface area contributed by atoms with Crippen molar-refractivity contribution in [1.82, 2.24) is 4.90 Å². The maximum Gasteiger partial charge on any atom is 0.410 e. The van der Waals surface area contributed by atoms with E-state index in [9.17, 15) is 4.79 Å². The fraction of sp³-hybridized carbons (Fsp3) is 0.909. The van der Waals surface area contributed by atoms with Crippen molar-refractivity contribution in [3.05, 3.63) is 0 Å². The minimum absolute atomic E-state index is 0.0151. The molecule has 1 aliphatic heterocycles. The Morgan fingerprint density at radius 2 is 2.12 bits per heavy atom. The second-order valence-corrected chi connectivity index (χ2v) is 5.21. The van der Waals surface area contributed by atoms with E-state index < -0.39 is 5.60 Å². The van der Waals surface area contributed by atoms with Gasteiger partial charge in [-0.3, -0.25) is 0 Å². The van der Waals surface area contributed by atoms with E-state index in [1.165, 1.54) is 0 Å². The van der Waals surface area contributed by atoms with E-state index in [-0.39, 0.29) is 18.2 Å². The first-order chi connectivity index (χ1) is 7.87. The molecule has 0 spiro atoms. The number of likely N-dealkylation sites (tertiary alicyclic amines) is 1. The quantitative estimate of drug-likeness (QED) is 0.706. The first-order valence-electron chi connectivity index (χ1n) is 5.78. The van der Waals surface area contributed by atoms with Crippen LogP contribution in [0.1, 0.15) is 27.2 Å². The summed E-state index contributed by atoms with van der Waals surface area (Å²) in [6, 6.07) is -0.179. The van der Waals surface area contributed by atoms with Crippen molar-refractivity contribution in [1.29, 1.82) is 0 Å². The zero-order valence-corrected chi connectivity index (χ0v) is 11.0. The molecule has 1 fully saturated rings. The van der Waals surface area contributed by atoms with Gasteiger partial charge in [-0.05, 0) is 32.3 Å². The minimum atomic E-state index is -0.482. The molecule has 2 N–H and O–H groups in total. The molecular formula is C11H22N3O3+. The number of hydrogen-bond donors (Lipinski definition) is 1. The zero-order chi connectivity index (χ0) is 13.1. The van der Waals surface area contributed by atoms with Crippen LogP contribution in [0, 0.1) is 0 Å². The molecule has 1 amide bonds. The Bertz CT molecular complexity index is 288. The first-order valence-corrected chi connectivity index (χ1v) is 5.78. The predicted molar refractivity (Wildman–Crippen MR) is 61.4 cm³/mol. The second-order valence-electron chi connectivity index (χ2n) is 5.21. The van der Waals surface area contributed by atoms with Crippen molar-refractivity contribution in [3.63, 3.8) is 0 Å². The van der Waals surface area contributed by atoms with Gasteiger partial charge in [0.2, 0.25) is 0 Å². The number of methoxy groups -OCH3 is 1. The molecule has 6 heteroatoms. The second kappa shape index (κ2) is 5.44. The van der Waals surface area contributed by atoms with Crippen LogP contribution in [0.3, 0.4) is 0 Å². The predicted octanol–water partition coefficient (Wildman–Crippen LogP) is 0.222. The molecule has 0 radical (unpaired) electrons. The number of rotatable bonds is 2. The number of hydrogen-bond acceptors (Lipinski definition) is 4. The highest BCUT2D eigenvalue weighted by Crippen LogP contribution is 2.18. The van der Waals surface area contributed by atoms with Gasteiger partial charge in [0.15, 0.2) is 6.04 Å². The molecule has 0 aromatic heterocycles. The van der Waals surface area contributed by atoms with Crippen LogP contribution in [0.25, 0.3) is 0 Å². The van der Waals surface area contributed by atoms with Gasteiger partial charge < -0.3 is 14.4 Å². The molecule has 1 saturated heterocycles. The average Bonchev–Trinajstić information content (AvgIpc) is 2.25. The summed E-state index contributed by atoms with van der Waals surface area (Å²) in [5, 5.41) is 3.75. The van der Waals surface area contributed by atoms with Crippen LogP contribution in [0.5, 0.6) is 0 Å². The largest absolute Gasteiger partial charge is 0.444 e. The Hall–Kier alpha value is -1.17. The summed E-state index contributed by atoms with van der Waals surface area (Å²) in [6.07, 6.45) is 0.389. The normalized spacial score (nSPS) is 25.5. The third-order valence-corrected chi connectivity index (χ3v) is 2.67. The number of ether oxygens (including phenoxy) is 2. The molecule has 17 heavy (non-hydrogen) atoms. The van der Waals surface area contributed by atoms with Crippen molar-refractivity contribution < 1.29 is 19.8 Å². The lowest BCUT2D eigenvalue weighted by atomic mass is 10.0. The van der Waals surface area contributed by atoms with E-state index in [0.717, 1.165) is 6.42 Å². The molecule has 1 heterocycles. The van der Waals surface area contributed by atoms with Gasteiger partial charge in [-0.1, -0.05) is 0 Å². The van der Waals surface area contributed by atoms with Gasteiger partial charge in [0.1, 0.15) is 5.60 Å². The van der Waals surface area contributed by atoms with Gasteiger partial charge in [-0.15, -0.1) is 0 Å². The van der Waals surface area contributed by atoms with Crippen LogP contribution >= 0.6 is 0 Å². The maximum atomic E-state index is 11.9. The third-order valence-electron chi connectivity index (χ3n) is 2.67. The number of piperidine rings is 1. The third kappa shape index (κ3) is 3.96. The van der Waals surface area contributed by atoms with Crippen molar-refractivity contribution in [3.8, 4) is 0 Å². The Morgan fingerprint density at radius 3 is 2.59 bits per heavy atom. The zero-order valence-electron chi connectivity index (χ0n) is 11.0. The smallest absolute Gasteiger partial charge is 0.410 e. The van der Waals surface area contributed by atoms with Crippen molar-refractivity contribution in [2.45, 2.75) is 44.9 Å². The molecule has 0 aromatic rings. The van der Waals surface area contributed by atoms with Gasteiger partial charge in [-0.2, -0.15) is 5.53 Å². The minimum Gasteiger partial charge on any atom is -0.444 e. The number of amides is 1. The Morgan fingerprint density at radius 1 is 1.47 bits per heavy atom. The molecule has 0 aliphatic carbocycles. The summed E-state index contributed by atoms with van der Waals surface area (Å²) in [5.74, 6) is 0. The molecule has 98 valence electrons. The molecule has 1 aliphatic rings. The maximum absolute atomic E-state index is 11.9. The van der Waals surface area contributed by atoms with Gasteiger partial charge in [0, 0.05) is 13.7 Å². The fourth-order valence-corrected chi connectivity index (χ4v) is 1.82. The van der Waals surface area contributed by atoms with E-state index >= 15 is 0 Å². The van der Waals surface area contributed by atoms with Gasteiger partial charge in [-0.25, -0.2) is 4.79 Å². The van der Waals surface area contributed by atoms with Crippen LogP contribution in [0.2, 0.25) is 0 Å². The van der Waals surface area contributed by atoms with Crippen LogP contribution in [0.15, 0.2) is 5.11 Å². The Kier molecular flexibility index (Phi) is 4.45. The topological polar surface area (TPSA) is 76.7 Å². The van der Waals surface area contributed by atoms with Gasteiger partial charge >= 0.3 is 6.09 Å². The molecule has 1 rings (SSSR count). The van der Waals surface area contributed by atoms with E-state index in [4.69, 9.17) is 15.0 Å². The molecule has 2 atom stereocenters. The van der Waals surface area contributed by atoms with E-state index in [1.54, 1.807) is 12.0 Å². The molecule has 0 saturated carbocycles. The summed E-state index contributed by atoms with van der Waals surface area (Å²) in [6.45, 7) is 6.59. The Labute approximate surface area is 102 Å². The van der Waals surface area contributed by atoms with Crippen LogP contribution < -0.4 is 5.53 Å². The fourth-order valence-electron chi connectivity index (χ4n) is 1.82. The summed E-state index contributed by atoms with van der Waals surface area (Å²) in [7, 11) is 1.63. The average molecular weight is 244 g/mol. The van der Waals surface area contributed by atoms with Crippen molar-refractivity contribution in [2.24, 2.45) is 5.11 Å². The highest BCUT2D eigenvalue weighted by atomic mass is 16.6. The molecular weight excluding hydrogens is 222 g/mol. The first kappa shape index (κ1) is 13.9. The van der Waals surface area contributed by atoms with Crippen LogP contribution in [-0.4, -0.2) is 48.9 Å². The monoisotopic (exact) mass is 244 g/mol. The van der Waals surface area contributed by atoms with Gasteiger partial charge in [0.05, 0.1) is 12.6 Å². The lowest BCUT2D eigenvalue weighted by Crippen LogP contribution is -2.52. The van der Waals surface area contributed by atoms with Gasteiger partial charge in [0.25, 0.3) is 0 Å². The summed E-state index contributed by atoms with van der Waals surface area (Å²) >= 11 is 0. The number of carbonyl (C=O) groups is 1. The number of nitrogens with two attached hydrogens (primary N) is 1. The highest BCUT2D eigenvalue weighted by Gasteiger charge is 2.34. The summed E-state index contributed by atoms with van der Waals surface area (Å²) in [4.78, 5) is 13.5. The molecule has 0 aromatic carbocycles. The summed E-state index contributed by atoms with van der Waals surface area (Å²) < 4.78 is 10.6. The molecule has 0 bridgehead atoms. The molecule has 0 unspecified atom stereocenters. The lowest BCUT2D eigenvalue weighted by molar-refractivity contribution is -0.236. The summed E-state index contributed by atoms with van der Waals surface area (Å²) in [5.41, 5.74) is 4.84. The standard InChI is InChI=1S/C11H21N3O3/c1-11(2,3)17-10(15)14-6-5-9(16-4)8(7-14)13-12/h8-9,12H,5-7H2,1-4H3/p+1/t8-,9-/m1/s1. The molecule has 6 nitrogen and oxygen atoms in total. The number of carbonyl (C=O) groups excluding carboxylic acids is 1. The van der Waals surface area contributed by atoms with E-state index in [1.807, 2.05) is 20.8 Å². The lowest BCUT2D eigenvalue weighted by Gasteiger charge is -2.34. The highest BCUT2D eigenvalue weighted by molar-refractivity contribution is 5.68. The van der Waals surface area contributed by atoms with E-state index in [0.29, 0.717) is 13.1 Å². The SMILES string of the molecule is CO[C@@H]1CCN(C(=O)OC(C)(C)C)C[C@H]1N=[NH2+].